The molecule has 2 aromatic carbocycles. The molecule has 28 heavy (non-hydrogen) atoms. The molecule has 0 bridgehead atoms. The Morgan fingerprint density at radius 3 is 2.57 bits per heavy atom. The van der Waals surface area contributed by atoms with E-state index in [0.29, 0.717) is 12.1 Å². The average molecular weight is 375 g/mol. The number of aliphatic imine (C=N–C) groups is 1. The summed E-state index contributed by atoms with van der Waals surface area (Å²) in [7, 11) is 0. The molecule has 0 amide bonds. The quantitative estimate of drug-likeness (QED) is 0.635. The van der Waals surface area contributed by atoms with Crippen LogP contribution in [0.15, 0.2) is 71.9 Å². The van der Waals surface area contributed by atoms with Crippen molar-refractivity contribution >= 4 is 17.5 Å². The molecule has 0 saturated heterocycles. The molecule has 3 aromatic rings. The lowest BCUT2D eigenvalue weighted by atomic mass is 10.0. The van der Waals surface area contributed by atoms with E-state index in [4.69, 9.17) is 0 Å². The minimum Gasteiger partial charge on any atom is -0.378 e. The number of nitrogens with one attached hydrogen (secondary N) is 1. The summed E-state index contributed by atoms with van der Waals surface area (Å²) >= 11 is 0. The van der Waals surface area contributed by atoms with E-state index in [-0.39, 0.29) is 6.04 Å². The van der Waals surface area contributed by atoms with Crippen LogP contribution in [0.25, 0.3) is 6.08 Å². The Hall–Kier alpha value is -3.34. The van der Waals surface area contributed by atoms with Gasteiger partial charge in [-0.15, -0.1) is 0 Å². The highest BCUT2D eigenvalue weighted by Gasteiger charge is 2.15. The van der Waals surface area contributed by atoms with Crippen LogP contribution < -0.4 is 5.32 Å². The molecule has 1 aromatic heterocycles. The largest absolute Gasteiger partial charge is 0.378 e. The van der Waals surface area contributed by atoms with Crippen LogP contribution in [-0.2, 0) is 6.54 Å². The van der Waals surface area contributed by atoms with Crippen LogP contribution in [0.4, 0.5) is 14.5 Å². The van der Waals surface area contributed by atoms with Crippen molar-refractivity contribution < 1.29 is 8.78 Å². The highest BCUT2D eigenvalue weighted by atomic mass is 19.1. The molecule has 1 aliphatic rings. The van der Waals surface area contributed by atoms with Gasteiger partial charge in [-0.2, -0.15) is 0 Å². The zero-order chi connectivity index (χ0) is 19.5. The summed E-state index contributed by atoms with van der Waals surface area (Å²) < 4.78 is 27.0. The number of pyridine rings is 1. The first-order valence-electron chi connectivity index (χ1n) is 9.08. The van der Waals surface area contributed by atoms with Gasteiger partial charge in [0.1, 0.15) is 11.6 Å². The molecule has 0 aliphatic carbocycles. The van der Waals surface area contributed by atoms with Crippen molar-refractivity contribution in [2.24, 2.45) is 4.99 Å². The SMILES string of the molecule is C[C@@H](Nc1ccc2c(c1)C(/C=C/c1ccccn1)=NC2)c1cc(F)cc(F)c1. The van der Waals surface area contributed by atoms with Crippen LogP contribution >= 0.6 is 0 Å². The predicted octanol–water partition coefficient (Wildman–Crippen LogP) is 5.55. The van der Waals surface area contributed by atoms with Gasteiger partial charge in [-0.05, 0) is 66.6 Å². The summed E-state index contributed by atoms with van der Waals surface area (Å²) in [6, 6.07) is 15.1. The Morgan fingerprint density at radius 1 is 1.00 bits per heavy atom. The van der Waals surface area contributed by atoms with Crippen molar-refractivity contribution in [1.82, 2.24) is 4.98 Å². The van der Waals surface area contributed by atoms with Crippen LogP contribution in [0.1, 0.15) is 35.3 Å². The van der Waals surface area contributed by atoms with Crippen molar-refractivity contribution in [3.8, 4) is 0 Å². The molecule has 0 unspecified atom stereocenters. The van der Waals surface area contributed by atoms with Gasteiger partial charge in [0.25, 0.3) is 0 Å². The summed E-state index contributed by atoms with van der Waals surface area (Å²) in [6.07, 6.45) is 5.65. The minimum atomic E-state index is -0.577. The smallest absolute Gasteiger partial charge is 0.126 e. The van der Waals surface area contributed by atoms with Gasteiger partial charge in [-0.1, -0.05) is 12.1 Å². The second-order valence-corrected chi connectivity index (χ2v) is 6.73. The summed E-state index contributed by atoms with van der Waals surface area (Å²) in [5.74, 6) is -1.15. The van der Waals surface area contributed by atoms with Crippen molar-refractivity contribution in [2.45, 2.75) is 19.5 Å². The Balaban J connectivity index is 1.54. The minimum absolute atomic E-state index is 0.242. The van der Waals surface area contributed by atoms with Gasteiger partial charge in [-0.3, -0.25) is 9.98 Å². The number of anilines is 1. The number of halogens is 2. The second-order valence-electron chi connectivity index (χ2n) is 6.73. The van der Waals surface area contributed by atoms with E-state index in [1.165, 1.54) is 12.1 Å². The molecule has 1 N–H and O–H groups in total. The summed E-state index contributed by atoms with van der Waals surface area (Å²) in [6.45, 7) is 2.51. The van der Waals surface area contributed by atoms with Crippen LogP contribution in [0, 0.1) is 11.6 Å². The zero-order valence-electron chi connectivity index (χ0n) is 15.4. The van der Waals surface area contributed by atoms with Crippen LogP contribution in [0.5, 0.6) is 0 Å². The van der Waals surface area contributed by atoms with E-state index in [9.17, 15) is 8.78 Å². The molecule has 0 saturated carbocycles. The average Bonchev–Trinajstić information content (AvgIpc) is 3.09. The third kappa shape index (κ3) is 3.98. The fraction of sp³-hybridized carbons (Fsp3) is 0.130. The van der Waals surface area contributed by atoms with Gasteiger partial charge in [0.05, 0.1) is 18.0 Å². The molecule has 2 heterocycles. The first kappa shape index (κ1) is 18.0. The Labute approximate surface area is 162 Å². The molecule has 1 atom stereocenters. The predicted molar refractivity (Wildman–Crippen MR) is 108 cm³/mol. The van der Waals surface area contributed by atoms with Crippen molar-refractivity contribution in [3.05, 3.63) is 101 Å². The number of nitrogens with zero attached hydrogens (tertiary/aromatic N) is 2. The van der Waals surface area contributed by atoms with E-state index in [2.05, 4.69) is 15.3 Å². The fourth-order valence-electron chi connectivity index (χ4n) is 3.24. The second kappa shape index (κ2) is 7.72. The van der Waals surface area contributed by atoms with E-state index in [1.54, 1.807) is 6.20 Å². The number of fused-ring (bicyclic) bond motifs is 1. The maximum absolute atomic E-state index is 13.5. The molecule has 140 valence electrons. The molecular weight excluding hydrogens is 356 g/mol. The van der Waals surface area contributed by atoms with Crippen LogP contribution in [-0.4, -0.2) is 10.7 Å². The maximum atomic E-state index is 13.5. The van der Waals surface area contributed by atoms with Gasteiger partial charge in [0.15, 0.2) is 0 Å². The van der Waals surface area contributed by atoms with Gasteiger partial charge in [0.2, 0.25) is 0 Å². The topological polar surface area (TPSA) is 37.3 Å². The number of hydrogen-bond acceptors (Lipinski definition) is 3. The van der Waals surface area contributed by atoms with Gasteiger partial charge >= 0.3 is 0 Å². The molecule has 0 radical (unpaired) electrons. The van der Waals surface area contributed by atoms with Crippen molar-refractivity contribution in [1.29, 1.82) is 0 Å². The standard InChI is InChI=1S/C23H19F2N3/c1-15(17-10-18(24)12-19(25)11-17)28-21-6-5-16-14-27-23(22(16)13-21)8-7-20-4-2-3-9-26-20/h2-13,15,28H,14H2,1H3/b8-7+/t15-/m1/s1. The van der Waals surface area contributed by atoms with E-state index < -0.39 is 11.6 Å². The third-order valence-electron chi connectivity index (χ3n) is 4.67. The van der Waals surface area contributed by atoms with E-state index in [1.807, 2.05) is 55.5 Å². The van der Waals surface area contributed by atoms with Crippen molar-refractivity contribution in [3.63, 3.8) is 0 Å². The lowest BCUT2D eigenvalue weighted by Crippen LogP contribution is -2.08. The summed E-state index contributed by atoms with van der Waals surface area (Å²) in [5.41, 5.74) is 5.40. The van der Waals surface area contributed by atoms with Gasteiger partial charge in [-0.25, -0.2) is 8.78 Å². The molecule has 3 nitrogen and oxygen atoms in total. The number of hydrogen-bond donors (Lipinski definition) is 1. The van der Waals surface area contributed by atoms with Gasteiger partial charge < -0.3 is 5.32 Å². The van der Waals surface area contributed by atoms with Crippen LogP contribution in [0.2, 0.25) is 0 Å². The molecule has 1 aliphatic heterocycles. The van der Waals surface area contributed by atoms with Crippen molar-refractivity contribution in [2.75, 3.05) is 5.32 Å². The first-order valence-corrected chi connectivity index (χ1v) is 9.08. The third-order valence-corrected chi connectivity index (χ3v) is 4.67. The molecule has 0 spiro atoms. The molecule has 0 fully saturated rings. The molecule has 4 rings (SSSR count). The van der Waals surface area contributed by atoms with Crippen LogP contribution in [0.3, 0.4) is 0 Å². The van der Waals surface area contributed by atoms with Gasteiger partial charge in [0, 0.05) is 29.6 Å². The lowest BCUT2D eigenvalue weighted by Gasteiger charge is -2.17. The Morgan fingerprint density at radius 2 is 1.82 bits per heavy atom. The first-order chi connectivity index (χ1) is 13.6. The highest BCUT2D eigenvalue weighted by molar-refractivity contribution is 6.13. The summed E-state index contributed by atoms with van der Waals surface area (Å²) in [5, 5.41) is 3.31. The highest BCUT2D eigenvalue weighted by Crippen LogP contribution is 2.27. The van der Waals surface area contributed by atoms with E-state index >= 15 is 0 Å². The van der Waals surface area contributed by atoms with E-state index in [0.717, 1.165) is 34.3 Å². The monoisotopic (exact) mass is 375 g/mol. The number of benzene rings is 2. The zero-order valence-corrected chi connectivity index (χ0v) is 15.4. The Kier molecular flexibility index (Phi) is 4.98. The molecule has 5 heteroatoms. The lowest BCUT2D eigenvalue weighted by molar-refractivity contribution is 0.577. The number of allylic oxidation sites excluding steroid dienone is 1. The Bertz CT molecular complexity index is 1040. The maximum Gasteiger partial charge on any atom is 0.126 e. The summed E-state index contributed by atoms with van der Waals surface area (Å²) in [4.78, 5) is 8.88. The normalized spacial score (nSPS) is 14.0. The number of rotatable bonds is 5. The number of aromatic nitrogens is 1. The fourth-order valence-corrected chi connectivity index (χ4v) is 3.24. The molecular formula is C23H19F2N3.